The monoisotopic (exact) mass is 650 g/mol. The van der Waals surface area contributed by atoms with Gasteiger partial charge < -0.3 is 19.0 Å². The molecule has 0 amide bonds. The van der Waals surface area contributed by atoms with E-state index in [1.54, 1.807) is 18.2 Å². The molecule has 2 heterocycles. The van der Waals surface area contributed by atoms with Gasteiger partial charge in [0, 0.05) is 0 Å². The molecular formula is C32H32Cl2N4O5Si. The number of fused-ring (bicyclic) bond motifs is 1. The Morgan fingerprint density at radius 1 is 0.932 bits per heavy atom. The van der Waals surface area contributed by atoms with Crippen molar-refractivity contribution in [2.24, 2.45) is 0 Å². The van der Waals surface area contributed by atoms with E-state index < -0.39 is 20.4 Å². The molecule has 1 unspecified atom stereocenters. The third-order valence-electron chi connectivity index (χ3n) is 7.25. The number of carboxylic acid groups (broad SMARTS) is 1. The molecule has 5 aromatic rings. The molecule has 1 atom stereocenters. The SMILES string of the molecule is CC(C)(C)[Si](OCCOCC(Oc1ncnc2c1cnn2-c1cccc(Cl)c1Cl)C(=O)O)(c1ccccc1)c1ccccc1. The summed E-state index contributed by atoms with van der Waals surface area (Å²) in [5.74, 6) is -1.14. The summed E-state index contributed by atoms with van der Waals surface area (Å²) in [7, 11) is -2.74. The van der Waals surface area contributed by atoms with Crippen LogP contribution in [0.3, 0.4) is 0 Å². The predicted octanol–water partition coefficient (Wildman–Crippen LogP) is 5.55. The molecule has 2 aromatic heterocycles. The van der Waals surface area contributed by atoms with Gasteiger partial charge in [0.15, 0.2) is 5.65 Å². The van der Waals surface area contributed by atoms with E-state index in [1.165, 1.54) is 17.2 Å². The lowest BCUT2D eigenvalue weighted by atomic mass is 10.2. The maximum atomic E-state index is 12.1. The fourth-order valence-corrected chi connectivity index (χ4v) is 10.2. The van der Waals surface area contributed by atoms with Crippen molar-refractivity contribution in [2.75, 3.05) is 19.8 Å². The first-order valence-electron chi connectivity index (χ1n) is 14.0. The lowest BCUT2D eigenvalue weighted by Crippen LogP contribution is -2.66. The van der Waals surface area contributed by atoms with Gasteiger partial charge in [-0.3, -0.25) is 0 Å². The number of aliphatic carboxylic acids is 1. The molecule has 5 rings (SSSR count). The molecule has 228 valence electrons. The van der Waals surface area contributed by atoms with Gasteiger partial charge in [-0.05, 0) is 27.5 Å². The quantitative estimate of drug-likeness (QED) is 0.138. The highest BCUT2D eigenvalue weighted by Crippen LogP contribution is 2.37. The molecule has 12 heteroatoms. The third kappa shape index (κ3) is 6.35. The summed E-state index contributed by atoms with van der Waals surface area (Å²) in [6, 6.07) is 25.7. The summed E-state index contributed by atoms with van der Waals surface area (Å²) in [5.41, 5.74) is 0.890. The maximum Gasteiger partial charge on any atom is 0.347 e. The zero-order valence-corrected chi connectivity index (χ0v) is 27.0. The number of aromatic nitrogens is 4. The number of carbonyl (C=O) groups is 1. The van der Waals surface area contributed by atoms with Gasteiger partial charge in [-0.25, -0.2) is 19.4 Å². The maximum absolute atomic E-state index is 12.1. The highest BCUT2D eigenvalue weighted by atomic mass is 35.5. The second-order valence-electron chi connectivity index (χ2n) is 11.1. The van der Waals surface area contributed by atoms with E-state index in [1.807, 2.05) is 36.4 Å². The van der Waals surface area contributed by atoms with E-state index in [2.05, 4.69) is 60.1 Å². The van der Waals surface area contributed by atoms with Crippen LogP contribution in [-0.4, -0.2) is 65.1 Å². The average molecular weight is 652 g/mol. The first kappa shape index (κ1) is 31.6. The molecule has 0 fully saturated rings. The Kier molecular flexibility index (Phi) is 9.67. The van der Waals surface area contributed by atoms with Crippen molar-refractivity contribution in [2.45, 2.75) is 31.9 Å². The van der Waals surface area contributed by atoms with Crippen molar-refractivity contribution < 1.29 is 23.8 Å². The molecule has 1 N–H and O–H groups in total. The van der Waals surface area contributed by atoms with E-state index in [9.17, 15) is 9.90 Å². The van der Waals surface area contributed by atoms with E-state index in [4.69, 9.17) is 37.1 Å². The molecule has 0 saturated heterocycles. The minimum atomic E-state index is -2.74. The summed E-state index contributed by atoms with van der Waals surface area (Å²) in [4.78, 5) is 20.6. The van der Waals surface area contributed by atoms with Crippen LogP contribution in [0.4, 0.5) is 0 Å². The highest BCUT2D eigenvalue weighted by Gasteiger charge is 2.50. The highest BCUT2D eigenvalue weighted by molar-refractivity contribution is 6.99. The van der Waals surface area contributed by atoms with Crippen molar-refractivity contribution in [1.29, 1.82) is 0 Å². The van der Waals surface area contributed by atoms with Crippen molar-refractivity contribution in [3.63, 3.8) is 0 Å². The summed E-state index contributed by atoms with van der Waals surface area (Å²) in [5, 5.41) is 17.5. The lowest BCUT2D eigenvalue weighted by molar-refractivity contribution is -0.148. The van der Waals surface area contributed by atoms with Crippen molar-refractivity contribution in [3.05, 3.63) is 101 Å². The van der Waals surface area contributed by atoms with E-state index in [-0.39, 0.29) is 30.7 Å². The predicted molar refractivity (Wildman–Crippen MR) is 173 cm³/mol. The Morgan fingerprint density at radius 2 is 1.59 bits per heavy atom. The zero-order chi connectivity index (χ0) is 31.3. The molecule has 0 aliphatic rings. The van der Waals surface area contributed by atoms with Crippen LogP contribution >= 0.6 is 23.2 Å². The van der Waals surface area contributed by atoms with E-state index in [0.717, 1.165) is 10.4 Å². The van der Waals surface area contributed by atoms with Crippen LogP contribution in [0.2, 0.25) is 15.1 Å². The average Bonchev–Trinajstić information content (AvgIpc) is 3.45. The van der Waals surface area contributed by atoms with E-state index >= 15 is 0 Å². The van der Waals surface area contributed by atoms with Gasteiger partial charge in [-0.15, -0.1) is 0 Å². The van der Waals surface area contributed by atoms with Crippen LogP contribution in [0.1, 0.15) is 20.8 Å². The second kappa shape index (κ2) is 13.5. The van der Waals surface area contributed by atoms with Gasteiger partial charge in [-0.2, -0.15) is 5.10 Å². The van der Waals surface area contributed by atoms with Crippen molar-refractivity contribution >= 4 is 58.9 Å². The largest absolute Gasteiger partial charge is 0.478 e. The molecule has 0 bridgehead atoms. The summed E-state index contributed by atoms with van der Waals surface area (Å²) in [6.45, 7) is 6.80. The molecule has 9 nitrogen and oxygen atoms in total. The molecule has 0 radical (unpaired) electrons. The Bertz CT molecular complexity index is 1690. The molecule has 0 spiro atoms. The van der Waals surface area contributed by atoms with Gasteiger partial charge in [0.25, 0.3) is 8.32 Å². The zero-order valence-electron chi connectivity index (χ0n) is 24.5. The number of rotatable bonds is 12. The number of carboxylic acids is 1. The van der Waals surface area contributed by atoms with Gasteiger partial charge in [0.2, 0.25) is 12.0 Å². The molecule has 0 saturated carbocycles. The normalized spacial score (nSPS) is 12.8. The van der Waals surface area contributed by atoms with Gasteiger partial charge >= 0.3 is 5.97 Å². The smallest absolute Gasteiger partial charge is 0.347 e. The lowest BCUT2D eigenvalue weighted by Gasteiger charge is -2.43. The van der Waals surface area contributed by atoms with Crippen LogP contribution in [0.25, 0.3) is 16.7 Å². The third-order valence-corrected chi connectivity index (χ3v) is 13.1. The fourth-order valence-electron chi connectivity index (χ4n) is 5.24. The Morgan fingerprint density at radius 3 is 2.20 bits per heavy atom. The van der Waals surface area contributed by atoms with Gasteiger partial charge in [-0.1, -0.05) is 111 Å². The van der Waals surface area contributed by atoms with Crippen LogP contribution in [0.5, 0.6) is 5.88 Å². The molecule has 0 aliphatic carbocycles. The molecule has 3 aromatic carbocycles. The molecule has 0 aliphatic heterocycles. The topological polar surface area (TPSA) is 109 Å². The Labute approximate surface area is 266 Å². The first-order valence-corrected chi connectivity index (χ1v) is 16.6. The summed E-state index contributed by atoms with van der Waals surface area (Å²) < 4.78 is 19.9. The molecule has 44 heavy (non-hydrogen) atoms. The summed E-state index contributed by atoms with van der Waals surface area (Å²) >= 11 is 12.6. The minimum Gasteiger partial charge on any atom is -0.478 e. The van der Waals surface area contributed by atoms with Crippen molar-refractivity contribution in [1.82, 2.24) is 19.7 Å². The number of nitrogens with zero attached hydrogens (tertiary/aromatic N) is 4. The second-order valence-corrected chi connectivity index (χ2v) is 16.2. The van der Waals surface area contributed by atoms with Crippen LogP contribution in [0, 0.1) is 0 Å². The number of halogens is 2. The minimum absolute atomic E-state index is 0.0546. The van der Waals surface area contributed by atoms with Crippen LogP contribution in [-0.2, 0) is 14.0 Å². The van der Waals surface area contributed by atoms with Gasteiger partial charge in [0.1, 0.15) is 11.7 Å². The number of hydrogen-bond donors (Lipinski definition) is 1. The van der Waals surface area contributed by atoms with Crippen LogP contribution < -0.4 is 15.1 Å². The van der Waals surface area contributed by atoms with E-state index in [0.29, 0.717) is 26.8 Å². The standard InChI is InChI=1S/C32H32Cl2N4O5Si/c1-32(2,3)44(22-11-6-4-7-12-22,23-13-8-5-9-14-23)42-18-17-41-20-27(31(39)40)43-30-24-19-37-38(29(24)35-21-36-30)26-16-10-15-25(33)28(26)34/h4-16,19,21,27H,17-18,20H2,1-3H3,(H,39,40). The fraction of sp³-hybridized carbons (Fsp3) is 0.250. The van der Waals surface area contributed by atoms with Gasteiger partial charge in [0.05, 0.1) is 41.8 Å². The number of ether oxygens (including phenoxy) is 2. The van der Waals surface area contributed by atoms with Crippen LogP contribution in [0.15, 0.2) is 91.4 Å². The summed E-state index contributed by atoms with van der Waals surface area (Å²) in [6.07, 6.45) is 1.42. The molecular weight excluding hydrogens is 619 g/mol. The van der Waals surface area contributed by atoms with Crippen molar-refractivity contribution in [3.8, 4) is 11.6 Å². The Balaban J connectivity index is 1.30. The first-order chi connectivity index (χ1) is 21.1. The Hall–Kier alpha value is -3.80. The number of hydrogen-bond acceptors (Lipinski definition) is 7. The number of benzene rings is 3.